The van der Waals surface area contributed by atoms with Crippen LogP contribution in [-0.2, 0) is 0 Å². The van der Waals surface area contributed by atoms with E-state index in [2.05, 4.69) is 52.2 Å². The minimum atomic E-state index is 0.677. The average molecular weight is 434 g/mol. The number of benzene rings is 1. The van der Waals surface area contributed by atoms with Crippen molar-refractivity contribution in [3.8, 4) is 17.5 Å². The van der Waals surface area contributed by atoms with Crippen LogP contribution in [0.4, 0.5) is 11.5 Å². The summed E-state index contributed by atoms with van der Waals surface area (Å²) in [6, 6.07) is 8.44. The van der Waals surface area contributed by atoms with Gasteiger partial charge in [0.05, 0.1) is 11.3 Å². The molecule has 1 aromatic carbocycles. The van der Waals surface area contributed by atoms with E-state index in [1.807, 2.05) is 13.0 Å². The van der Waals surface area contributed by atoms with E-state index in [1.165, 1.54) is 25.9 Å². The Bertz CT molecular complexity index is 967. The zero-order chi connectivity index (χ0) is 22.5. The molecule has 4 rings (SSSR count). The predicted molar refractivity (Wildman–Crippen MR) is 130 cm³/mol. The fourth-order valence-electron chi connectivity index (χ4n) is 4.53. The number of likely N-dealkylation sites (tertiary alicyclic amines) is 1. The molecule has 7 heteroatoms. The standard InChI is InChI=1S/C25H35N7/c1-19-20(2)28-25(29-24(19)27-9-6-12-31-10-4-5-11-31)21-7-8-23(22(17-21)18-26)32-15-13-30(3)14-16-32/h7-8,17H,4-6,9-16H2,1-3H3,(H,27,28,29). The second-order valence-corrected chi connectivity index (χ2v) is 9.07. The smallest absolute Gasteiger partial charge is 0.161 e. The molecule has 2 fully saturated rings. The summed E-state index contributed by atoms with van der Waals surface area (Å²) >= 11 is 0. The number of aromatic nitrogens is 2. The van der Waals surface area contributed by atoms with E-state index in [1.54, 1.807) is 0 Å². The maximum atomic E-state index is 9.81. The molecule has 3 heterocycles. The molecule has 1 aromatic heterocycles. The van der Waals surface area contributed by atoms with Crippen LogP contribution in [0, 0.1) is 25.2 Å². The summed E-state index contributed by atoms with van der Waals surface area (Å²) in [5.74, 6) is 1.58. The van der Waals surface area contributed by atoms with Gasteiger partial charge < -0.3 is 20.0 Å². The summed E-state index contributed by atoms with van der Waals surface area (Å²) in [7, 11) is 2.14. The highest BCUT2D eigenvalue weighted by atomic mass is 15.2. The molecule has 32 heavy (non-hydrogen) atoms. The summed E-state index contributed by atoms with van der Waals surface area (Å²) in [5, 5.41) is 13.3. The summed E-state index contributed by atoms with van der Waals surface area (Å²) in [6.45, 7) is 12.5. The zero-order valence-electron chi connectivity index (χ0n) is 19.7. The van der Waals surface area contributed by atoms with Crippen molar-refractivity contribution in [1.82, 2.24) is 19.8 Å². The van der Waals surface area contributed by atoms with Gasteiger partial charge in [0, 0.05) is 49.5 Å². The van der Waals surface area contributed by atoms with Crippen LogP contribution in [0.5, 0.6) is 0 Å². The van der Waals surface area contributed by atoms with Gasteiger partial charge in [-0.1, -0.05) is 0 Å². The number of nitrogens with one attached hydrogen (secondary N) is 1. The first-order valence-corrected chi connectivity index (χ1v) is 11.8. The number of rotatable bonds is 7. The fraction of sp³-hybridized carbons (Fsp3) is 0.560. The molecule has 0 amide bonds. The minimum Gasteiger partial charge on any atom is -0.370 e. The Balaban J connectivity index is 1.49. The van der Waals surface area contributed by atoms with Gasteiger partial charge in [0.15, 0.2) is 5.82 Å². The van der Waals surface area contributed by atoms with Gasteiger partial charge in [-0.15, -0.1) is 0 Å². The van der Waals surface area contributed by atoms with E-state index in [0.717, 1.165) is 74.0 Å². The number of anilines is 2. The Morgan fingerprint density at radius 2 is 1.78 bits per heavy atom. The predicted octanol–water partition coefficient (Wildman–Crippen LogP) is 3.28. The lowest BCUT2D eigenvalue weighted by Gasteiger charge is -2.34. The van der Waals surface area contributed by atoms with Crippen molar-refractivity contribution in [2.75, 3.05) is 69.6 Å². The van der Waals surface area contributed by atoms with E-state index in [9.17, 15) is 5.26 Å². The lowest BCUT2D eigenvalue weighted by molar-refractivity contribution is 0.313. The van der Waals surface area contributed by atoms with E-state index in [0.29, 0.717) is 11.4 Å². The van der Waals surface area contributed by atoms with Crippen molar-refractivity contribution < 1.29 is 0 Å². The molecule has 0 radical (unpaired) electrons. The average Bonchev–Trinajstić information content (AvgIpc) is 3.33. The van der Waals surface area contributed by atoms with Crippen molar-refractivity contribution in [3.05, 3.63) is 35.0 Å². The third-order valence-electron chi connectivity index (χ3n) is 6.75. The zero-order valence-corrected chi connectivity index (χ0v) is 19.7. The number of aryl methyl sites for hydroxylation is 1. The van der Waals surface area contributed by atoms with Gasteiger partial charge in [-0.2, -0.15) is 5.26 Å². The molecule has 2 aliphatic rings. The lowest BCUT2D eigenvalue weighted by Crippen LogP contribution is -2.44. The van der Waals surface area contributed by atoms with Gasteiger partial charge >= 0.3 is 0 Å². The van der Waals surface area contributed by atoms with Crippen LogP contribution in [0.1, 0.15) is 36.1 Å². The van der Waals surface area contributed by atoms with E-state index < -0.39 is 0 Å². The maximum absolute atomic E-state index is 9.81. The topological polar surface area (TPSA) is 71.3 Å². The normalized spacial score (nSPS) is 17.5. The molecule has 1 N–H and O–H groups in total. The van der Waals surface area contributed by atoms with Crippen molar-refractivity contribution in [2.24, 2.45) is 0 Å². The number of hydrogen-bond donors (Lipinski definition) is 1. The molecule has 2 saturated heterocycles. The van der Waals surface area contributed by atoms with Gasteiger partial charge in [0.25, 0.3) is 0 Å². The van der Waals surface area contributed by atoms with Crippen molar-refractivity contribution in [1.29, 1.82) is 5.26 Å². The van der Waals surface area contributed by atoms with E-state index in [4.69, 9.17) is 9.97 Å². The summed E-state index contributed by atoms with van der Waals surface area (Å²) in [6.07, 6.45) is 3.77. The van der Waals surface area contributed by atoms with Crippen LogP contribution in [0.25, 0.3) is 11.4 Å². The van der Waals surface area contributed by atoms with Crippen LogP contribution in [0.2, 0.25) is 0 Å². The lowest BCUT2D eigenvalue weighted by atomic mass is 10.1. The quantitative estimate of drug-likeness (QED) is 0.672. The molecular weight excluding hydrogens is 398 g/mol. The first-order chi connectivity index (χ1) is 15.5. The molecule has 0 saturated carbocycles. The second-order valence-electron chi connectivity index (χ2n) is 9.07. The molecule has 7 nitrogen and oxygen atoms in total. The highest BCUT2D eigenvalue weighted by molar-refractivity contribution is 5.69. The Hall–Kier alpha value is -2.69. The van der Waals surface area contributed by atoms with Crippen molar-refractivity contribution >= 4 is 11.5 Å². The highest BCUT2D eigenvalue weighted by Gasteiger charge is 2.19. The van der Waals surface area contributed by atoms with Gasteiger partial charge in [0.1, 0.15) is 11.9 Å². The fourth-order valence-corrected chi connectivity index (χ4v) is 4.53. The number of nitriles is 1. The molecule has 0 spiro atoms. The number of likely N-dealkylation sites (N-methyl/N-ethyl adjacent to an activating group) is 1. The molecule has 0 aliphatic carbocycles. The number of piperazine rings is 1. The van der Waals surface area contributed by atoms with Crippen LogP contribution in [-0.4, -0.2) is 79.2 Å². The van der Waals surface area contributed by atoms with Gasteiger partial charge in [-0.25, -0.2) is 9.97 Å². The van der Waals surface area contributed by atoms with Crippen LogP contribution < -0.4 is 10.2 Å². The minimum absolute atomic E-state index is 0.677. The SMILES string of the molecule is Cc1nc(-c2ccc(N3CCN(C)CC3)c(C#N)c2)nc(NCCCN2CCCC2)c1C. The highest BCUT2D eigenvalue weighted by Crippen LogP contribution is 2.28. The number of nitrogens with zero attached hydrogens (tertiary/aromatic N) is 6. The van der Waals surface area contributed by atoms with E-state index >= 15 is 0 Å². The van der Waals surface area contributed by atoms with Crippen LogP contribution in [0.3, 0.4) is 0 Å². The van der Waals surface area contributed by atoms with Gasteiger partial charge in [-0.3, -0.25) is 0 Å². The molecule has 0 atom stereocenters. The molecule has 170 valence electrons. The first kappa shape index (κ1) is 22.5. The number of hydrogen-bond acceptors (Lipinski definition) is 7. The first-order valence-electron chi connectivity index (χ1n) is 11.8. The Morgan fingerprint density at radius 3 is 2.50 bits per heavy atom. The molecule has 0 bridgehead atoms. The summed E-state index contributed by atoms with van der Waals surface area (Å²) in [4.78, 5) is 16.7. The second kappa shape index (κ2) is 10.3. The third-order valence-corrected chi connectivity index (χ3v) is 6.75. The Labute approximate surface area is 192 Å². The monoisotopic (exact) mass is 433 g/mol. The Morgan fingerprint density at radius 1 is 1.03 bits per heavy atom. The van der Waals surface area contributed by atoms with Crippen LogP contribution in [0.15, 0.2) is 18.2 Å². The Kier molecular flexibility index (Phi) is 7.23. The van der Waals surface area contributed by atoms with E-state index in [-0.39, 0.29) is 0 Å². The summed E-state index contributed by atoms with van der Waals surface area (Å²) in [5.41, 5.74) is 4.65. The van der Waals surface area contributed by atoms with Crippen molar-refractivity contribution in [2.45, 2.75) is 33.1 Å². The van der Waals surface area contributed by atoms with Crippen LogP contribution >= 0.6 is 0 Å². The molecule has 2 aliphatic heterocycles. The molecule has 0 unspecified atom stereocenters. The molecular formula is C25H35N7. The maximum Gasteiger partial charge on any atom is 0.161 e. The van der Waals surface area contributed by atoms with Gasteiger partial charge in [0.2, 0.25) is 0 Å². The van der Waals surface area contributed by atoms with Gasteiger partial charge in [-0.05, 0) is 78.0 Å². The third kappa shape index (κ3) is 5.20. The summed E-state index contributed by atoms with van der Waals surface area (Å²) < 4.78 is 0. The largest absolute Gasteiger partial charge is 0.370 e. The molecule has 2 aromatic rings. The van der Waals surface area contributed by atoms with Crippen molar-refractivity contribution in [3.63, 3.8) is 0 Å².